The monoisotopic (exact) mass is 378 g/mol. The molecule has 0 spiro atoms. The van der Waals surface area contributed by atoms with E-state index >= 15 is 0 Å². The number of nitrogens with zero attached hydrogens (tertiary/aromatic N) is 2. The molecule has 0 unspecified atom stereocenters. The Kier molecular flexibility index (Phi) is 5.16. The molecule has 0 aromatic heterocycles. The van der Waals surface area contributed by atoms with Gasteiger partial charge in [-0.15, -0.1) is 0 Å². The molecule has 1 aliphatic heterocycles. The Morgan fingerprint density at radius 1 is 0.800 bits per heavy atom. The number of carbonyl (C=O) groups excluding carboxylic acids is 2. The number of carbonyl (C=O) groups is 2. The fourth-order valence-electron chi connectivity index (χ4n) is 2.75. The van der Waals surface area contributed by atoms with Crippen LogP contribution in [0.25, 0.3) is 0 Å². The zero-order chi connectivity index (χ0) is 18.0. The van der Waals surface area contributed by atoms with Crippen molar-refractivity contribution in [2.75, 3.05) is 26.2 Å². The first-order valence-electron chi connectivity index (χ1n) is 7.78. The van der Waals surface area contributed by atoms with Crippen LogP contribution in [-0.2, 0) is 0 Å². The van der Waals surface area contributed by atoms with Gasteiger partial charge in [0.05, 0.1) is 10.0 Å². The van der Waals surface area contributed by atoms with E-state index < -0.39 is 0 Å². The van der Waals surface area contributed by atoms with Crippen molar-refractivity contribution in [1.82, 2.24) is 9.80 Å². The van der Waals surface area contributed by atoms with Gasteiger partial charge in [0.25, 0.3) is 11.8 Å². The number of hydrogen-bond donors (Lipinski definition) is 1. The summed E-state index contributed by atoms with van der Waals surface area (Å²) in [6.45, 7) is 1.73. The Morgan fingerprint density at radius 3 is 1.88 bits per heavy atom. The lowest BCUT2D eigenvalue weighted by molar-refractivity contribution is 0.0535. The van der Waals surface area contributed by atoms with E-state index in [1.54, 1.807) is 40.1 Å². The number of phenolic OH excluding ortho intramolecular Hbond substituents is 1. The first kappa shape index (κ1) is 17.6. The molecule has 130 valence electrons. The lowest BCUT2D eigenvalue weighted by atomic mass is 10.1. The van der Waals surface area contributed by atoms with Gasteiger partial charge in [-0.2, -0.15) is 0 Å². The third-order valence-corrected chi connectivity index (χ3v) is 4.85. The van der Waals surface area contributed by atoms with Gasteiger partial charge in [-0.1, -0.05) is 29.3 Å². The lowest BCUT2D eigenvalue weighted by Gasteiger charge is -2.35. The normalized spacial score (nSPS) is 14.5. The van der Waals surface area contributed by atoms with Crippen molar-refractivity contribution in [3.63, 3.8) is 0 Å². The van der Waals surface area contributed by atoms with E-state index in [-0.39, 0.29) is 17.6 Å². The summed E-state index contributed by atoms with van der Waals surface area (Å²) in [4.78, 5) is 28.4. The number of piperazine rings is 1. The van der Waals surface area contributed by atoms with Crippen LogP contribution in [-0.4, -0.2) is 52.9 Å². The molecule has 0 radical (unpaired) electrons. The number of rotatable bonds is 2. The summed E-state index contributed by atoms with van der Waals surface area (Å²) in [5.41, 5.74) is 0.909. The van der Waals surface area contributed by atoms with Crippen molar-refractivity contribution < 1.29 is 14.7 Å². The molecule has 1 aliphatic rings. The number of hydrogen-bond acceptors (Lipinski definition) is 3. The second kappa shape index (κ2) is 7.33. The number of halogens is 2. The highest BCUT2D eigenvalue weighted by atomic mass is 35.5. The Morgan fingerprint density at radius 2 is 1.36 bits per heavy atom. The quantitative estimate of drug-likeness (QED) is 0.871. The maximum atomic E-state index is 12.5. The molecular formula is C18H16Cl2N2O3. The first-order valence-corrected chi connectivity index (χ1v) is 8.54. The molecule has 1 N–H and O–H groups in total. The minimum Gasteiger partial charge on any atom is -0.508 e. The van der Waals surface area contributed by atoms with Crippen LogP contribution in [0.1, 0.15) is 20.7 Å². The van der Waals surface area contributed by atoms with E-state index in [1.807, 2.05) is 0 Å². The topological polar surface area (TPSA) is 60.9 Å². The summed E-state index contributed by atoms with van der Waals surface area (Å²) in [6, 6.07) is 11.0. The number of aromatic hydroxyl groups is 1. The van der Waals surface area contributed by atoms with Gasteiger partial charge in [-0.05, 0) is 36.4 Å². The highest BCUT2D eigenvalue weighted by molar-refractivity contribution is 6.42. The minimum atomic E-state index is -0.155. The first-order chi connectivity index (χ1) is 12.0. The Hall–Kier alpha value is -2.24. The highest BCUT2D eigenvalue weighted by Gasteiger charge is 2.25. The van der Waals surface area contributed by atoms with Gasteiger partial charge in [-0.3, -0.25) is 9.59 Å². The molecule has 25 heavy (non-hydrogen) atoms. The van der Waals surface area contributed by atoms with E-state index in [0.29, 0.717) is 47.4 Å². The summed E-state index contributed by atoms with van der Waals surface area (Å²) in [5, 5.41) is 10.2. The van der Waals surface area contributed by atoms with Crippen molar-refractivity contribution in [3.05, 3.63) is 63.6 Å². The highest BCUT2D eigenvalue weighted by Crippen LogP contribution is 2.23. The molecule has 7 heteroatoms. The number of amides is 2. The average Bonchev–Trinajstić information content (AvgIpc) is 2.63. The van der Waals surface area contributed by atoms with Crippen molar-refractivity contribution >= 4 is 35.0 Å². The molecule has 0 atom stereocenters. The van der Waals surface area contributed by atoms with Crippen LogP contribution in [0, 0.1) is 0 Å². The average molecular weight is 379 g/mol. The zero-order valence-electron chi connectivity index (χ0n) is 13.3. The van der Waals surface area contributed by atoms with Gasteiger partial charge in [0.2, 0.25) is 0 Å². The molecule has 5 nitrogen and oxygen atoms in total. The van der Waals surface area contributed by atoms with E-state index in [9.17, 15) is 14.7 Å². The molecule has 0 aliphatic carbocycles. The summed E-state index contributed by atoms with van der Waals surface area (Å²) < 4.78 is 0. The van der Waals surface area contributed by atoms with Crippen molar-refractivity contribution in [2.24, 2.45) is 0 Å². The molecule has 2 aromatic carbocycles. The smallest absolute Gasteiger partial charge is 0.254 e. The molecule has 1 saturated heterocycles. The van der Waals surface area contributed by atoms with E-state index in [2.05, 4.69) is 0 Å². The van der Waals surface area contributed by atoms with E-state index in [0.717, 1.165) is 0 Å². The van der Waals surface area contributed by atoms with E-state index in [1.165, 1.54) is 12.1 Å². The van der Waals surface area contributed by atoms with Crippen LogP contribution in [0.2, 0.25) is 10.0 Å². The van der Waals surface area contributed by atoms with Crippen LogP contribution in [0.4, 0.5) is 0 Å². The Bertz CT molecular complexity index is 818. The zero-order valence-corrected chi connectivity index (χ0v) is 14.8. The van der Waals surface area contributed by atoms with Crippen molar-refractivity contribution in [2.45, 2.75) is 0 Å². The van der Waals surface area contributed by atoms with Crippen LogP contribution >= 0.6 is 23.2 Å². The second-order valence-corrected chi connectivity index (χ2v) is 6.58. The molecular weight excluding hydrogens is 363 g/mol. The molecule has 3 rings (SSSR count). The third-order valence-electron chi connectivity index (χ3n) is 4.11. The molecule has 0 saturated carbocycles. The third kappa shape index (κ3) is 3.89. The molecule has 1 fully saturated rings. The van der Waals surface area contributed by atoms with Crippen molar-refractivity contribution in [3.8, 4) is 5.75 Å². The number of phenols is 1. The fourth-order valence-corrected chi connectivity index (χ4v) is 3.04. The SMILES string of the molecule is O=C(c1cccc(O)c1)N1CCN(C(=O)c2ccc(Cl)c(Cl)c2)CC1. The Labute approximate surface area is 155 Å². The van der Waals surface area contributed by atoms with Gasteiger partial charge < -0.3 is 14.9 Å². The molecule has 2 aromatic rings. The van der Waals surface area contributed by atoms with Gasteiger partial charge >= 0.3 is 0 Å². The Balaban J connectivity index is 1.64. The minimum absolute atomic E-state index is 0.0549. The van der Waals surface area contributed by atoms with Crippen LogP contribution in [0.5, 0.6) is 5.75 Å². The van der Waals surface area contributed by atoms with Crippen LogP contribution < -0.4 is 0 Å². The van der Waals surface area contributed by atoms with Gasteiger partial charge in [0.1, 0.15) is 5.75 Å². The van der Waals surface area contributed by atoms with Gasteiger partial charge in [0, 0.05) is 37.3 Å². The standard InChI is InChI=1S/C18H16Cl2N2O3/c19-15-5-4-13(11-16(15)20)18(25)22-8-6-21(7-9-22)17(24)12-2-1-3-14(23)10-12/h1-5,10-11,23H,6-9H2. The molecule has 2 amide bonds. The maximum absolute atomic E-state index is 12.5. The maximum Gasteiger partial charge on any atom is 0.254 e. The summed E-state index contributed by atoms with van der Waals surface area (Å²) in [7, 11) is 0. The van der Waals surface area contributed by atoms with Gasteiger partial charge in [0.15, 0.2) is 0 Å². The van der Waals surface area contributed by atoms with Crippen LogP contribution in [0.15, 0.2) is 42.5 Å². The van der Waals surface area contributed by atoms with Gasteiger partial charge in [-0.25, -0.2) is 0 Å². The van der Waals surface area contributed by atoms with Crippen LogP contribution in [0.3, 0.4) is 0 Å². The largest absolute Gasteiger partial charge is 0.508 e. The van der Waals surface area contributed by atoms with E-state index in [4.69, 9.17) is 23.2 Å². The lowest BCUT2D eigenvalue weighted by Crippen LogP contribution is -2.50. The molecule has 1 heterocycles. The van der Waals surface area contributed by atoms with Crippen molar-refractivity contribution in [1.29, 1.82) is 0 Å². The number of benzene rings is 2. The summed E-state index contributed by atoms with van der Waals surface area (Å²) in [5.74, 6) is -0.236. The predicted octanol–water partition coefficient (Wildman–Crippen LogP) is 3.30. The summed E-state index contributed by atoms with van der Waals surface area (Å²) >= 11 is 11.8. The summed E-state index contributed by atoms with van der Waals surface area (Å²) in [6.07, 6.45) is 0. The fraction of sp³-hybridized carbons (Fsp3) is 0.222. The second-order valence-electron chi connectivity index (χ2n) is 5.76. The molecule has 0 bridgehead atoms. The predicted molar refractivity (Wildman–Crippen MR) is 96.4 cm³/mol.